The van der Waals surface area contributed by atoms with Gasteiger partial charge in [-0.25, -0.2) is 0 Å². The fraction of sp³-hybridized carbons (Fsp3) is 0.417. The van der Waals surface area contributed by atoms with Gasteiger partial charge in [0.15, 0.2) is 11.2 Å². The smallest absolute Gasteiger partial charge is 0.324 e. The maximum absolute atomic E-state index is 14.4. The second kappa shape index (κ2) is 11.6. The van der Waals surface area contributed by atoms with Crippen LogP contribution in [0.3, 0.4) is 0 Å². The van der Waals surface area contributed by atoms with E-state index in [2.05, 4.69) is 82.1 Å². The van der Waals surface area contributed by atoms with Gasteiger partial charge in [0.1, 0.15) is 0 Å². The van der Waals surface area contributed by atoms with E-state index >= 15 is 0 Å². The number of nitrogens with one attached hydrogen (secondary N) is 4. The number of Topliss-reactive ketones (excluding diaryl/α,β-unsaturated/α-hetero) is 1. The Morgan fingerprint density at radius 1 is 0.913 bits per heavy atom. The molecule has 0 saturated carbocycles. The van der Waals surface area contributed by atoms with Crippen LogP contribution in [0.1, 0.15) is 94.6 Å². The van der Waals surface area contributed by atoms with Crippen molar-refractivity contribution < 1.29 is 23.9 Å². The van der Waals surface area contributed by atoms with E-state index in [0.29, 0.717) is 28.6 Å². The number of alkyl halides is 1. The third kappa shape index (κ3) is 4.59. The number of esters is 2. The zero-order valence-corrected chi connectivity index (χ0v) is 29.2. The van der Waals surface area contributed by atoms with Gasteiger partial charge in [0.25, 0.3) is 0 Å². The Morgan fingerprint density at radius 2 is 1.61 bits per heavy atom. The van der Waals surface area contributed by atoms with E-state index in [0.717, 1.165) is 62.3 Å². The highest BCUT2D eigenvalue weighted by Crippen LogP contribution is 2.53. The van der Waals surface area contributed by atoms with Gasteiger partial charge in [0, 0.05) is 73.9 Å². The molecule has 0 radical (unpaired) electrons. The number of fused-ring (bicyclic) bond motifs is 7. The molecule has 242 valence electrons. The lowest BCUT2D eigenvalue weighted by Gasteiger charge is -2.26. The lowest BCUT2D eigenvalue weighted by atomic mass is 9.77. The molecule has 0 amide bonds. The van der Waals surface area contributed by atoms with E-state index < -0.39 is 11.4 Å². The van der Waals surface area contributed by atoms with Crippen LogP contribution in [0.5, 0.6) is 0 Å². The number of carbonyl (C=O) groups is 3. The molecular formula is C36H41BrN4O5. The Labute approximate surface area is 276 Å². The van der Waals surface area contributed by atoms with Crippen molar-refractivity contribution in [3.8, 4) is 0 Å². The highest BCUT2D eigenvalue weighted by Gasteiger charge is 2.57. The van der Waals surface area contributed by atoms with Crippen molar-refractivity contribution in [3.05, 3.63) is 78.2 Å². The van der Waals surface area contributed by atoms with Gasteiger partial charge in [0.2, 0.25) is 0 Å². The molecule has 3 aliphatic rings. The number of hydrogen-bond donors (Lipinski definition) is 4. The Kier molecular flexibility index (Phi) is 8.07. The molecule has 3 aromatic rings. The summed E-state index contributed by atoms with van der Waals surface area (Å²) in [7, 11) is 2.70. The molecule has 8 bridgehead atoms. The van der Waals surface area contributed by atoms with Crippen molar-refractivity contribution in [2.75, 3.05) is 14.2 Å². The minimum absolute atomic E-state index is 0.0616. The van der Waals surface area contributed by atoms with Crippen LogP contribution in [0.15, 0.2) is 11.4 Å². The number of halogens is 1. The topological polar surface area (TPSA) is 129 Å². The summed E-state index contributed by atoms with van der Waals surface area (Å²) >= 11 is 3.72. The molecule has 10 heteroatoms. The summed E-state index contributed by atoms with van der Waals surface area (Å²) < 4.78 is 10.3. The van der Waals surface area contributed by atoms with Gasteiger partial charge in [-0.2, -0.15) is 0 Å². The van der Waals surface area contributed by atoms with E-state index in [-0.39, 0.29) is 30.0 Å². The van der Waals surface area contributed by atoms with Crippen LogP contribution in [0, 0.1) is 38.0 Å². The molecule has 0 aromatic carbocycles. The zero-order chi connectivity index (χ0) is 33.2. The number of allylic oxidation sites excluding steroid dienone is 2. The Bertz CT molecular complexity index is 2000. The van der Waals surface area contributed by atoms with Crippen molar-refractivity contribution in [2.45, 2.75) is 66.1 Å². The first-order chi connectivity index (χ1) is 21.9. The zero-order valence-electron chi connectivity index (χ0n) is 27.6. The lowest BCUT2D eigenvalue weighted by molar-refractivity contribution is -0.146. The number of ether oxygens (including phenoxy) is 2. The largest absolute Gasteiger partial charge is 0.469 e. The first-order valence-electron chi connectivity index (χ1n) is 15.8. The van der Waals surface area contributed by atoms with Crippen molar-refractivity contribution in [1.82, 2.24) is 20.3 Å². The average Bonchev–Trinajstić information content (AvgIpc) is 3.76. The van der Waals surface area contributed by atoms with Crippen molar-refractivity contribution in [1.29, 1.82) is 0 Å². The number of H-pyrrole nitrogens is 3. The predicted molar refractivity (Wildman–Crippen MR) is 181 cm³/mol. The molecule has 4 N–H and O–H groups in total. The fourth-order valence-corrected chi connectivity index (χ4v) is 8.35. The predicted octanol–water partition coefficient (Wildman–Crippen LogP) is 4.96. The van der Waals surface area contributed by atoms with Gasteiger partial charge in [-0.05, 0) is 86.6 Å². The minimum atomic E-state index is -1.58. The molecule has 46 heavy (non-hydrogen) atoms. The maximum Gasteiger partial charge on any atom is 0.324 e. The first kappa shape index (κ1) is 31.9. The molecule has 3 aromatic heterocycles. The highest BCUT2D eigenvalue weighted by molar-refractivity contribution is 9.08. The van der Waals surface area contributed by atoms with Gasteiger partial charge >= 0.3 is 11.9 Å². The van der Waals surface area contributed by atoms with Gasteiger partial charge < -0.3 is 29.7 Å². The molecule has 1 saturated heterocycles. The summed E-state index contributed by atoms with van der Waals surface area (Å²) in [6.45, 7) is 12.1. The molecule has 3 unspecified atom stereocenters. The van der Waals surface area contributed by atoms with Crippen LogP contribution in [-0.2, 0) is 30.8 Å². The number of aromatic nitrogens is 3. The summed E-state index contributed by atoms with van der Waals surface area (Å²) in [6, 6.07) is 0. The summed E-state index contributed by atoms with van der Waals surface area (Å²) in [5.74, 6) is -1.50. The summed E-state index contributed by atoms with van der Waals surface area (Å²) in [5, 5.41) is 6.32. The van der Waals surface area contributed by atoms with Crippen LogP contribution in [0.2, 0.25) is 0 Å². The molecule has 1 aliphatic carbocycles. The molecule has 0 spiro atoms. The van der Waals surface area contributed by atoms with E-state index in [1.807, 2.05) is 6.92 Å². The number of aromatic amines is 3. The Balaban J connectivity index is 1.74. The molecular weight excluding hydrogens is 648 g/mol. The quantitative estimate of drug-likeness (QED) is 0.165. The van der Waals surface area contributed by atoms with Crippen molar-refractivity contribution in [2.24, 2.45) is 17.3 Å². The third-order valence-electron chi connectivity index (χ3n) is 10.5. The van der Waals surface area contributed by atoms with E-state index in [4.69, 9.17) is 9.47 Å². The van der Waals surface area contributed by atoms with Crippen LogP contribution in [-0.4, -0.2) is 46.9 Å². The minimum Gasteiger partial charge on any atom is -0.469 e. The van der Waals surface area contributed by atoms with E-state index in [1.54, 1.807) is 6.92 Å². The molecule has 5 heterocycles. The highest BCUT2D eigenvalue weighted by atomic mass is 79.9. The SMILES string of the molecule is CCc1c(C)c2[nH]c1=Cc1[nH]c3c(c1C)C(=O)C(C)(C(=O)OC)C3=C1NC(=Cc3[nH]c(c(CBr)c3C)C=2)C(C)C1CCC(=O)OC. The first-order valence-corrected chi connectivity index (χ1v) is 16.9. The second-order valence-electron chi connectivity index (χ2n) is 12.8. The number of hydrogen-bond acceptors (Lipinski definition) is 6. The Morgan fingerprint density at radius 3 is 2.26 bits per heavy atom. The Hall–Kier alpha value is -4.05. The standard InChI is InChI=1S/C36H41BrN4O5/c1-9-20-16(2)24-13-28-22(15-37)18(4)23(39-28)12-25-17(3)21(10-11-29(42)45-7)32(40-25)31-33-30(34(43)36(31,6)35(44)46-8)19(5)26(41-33)14-27(20)38-24/h12-14,17,21,38-41H,9-11,15H2,1-8H3. The fourth-order valence-electron chi connectivity index (χ4n) is 7.62. The van der Waals surface area contributed by atoms with Gasteiger partial charge in [-0.15, -0.1) is 0 Å². The molecule has 6 rings (SSSR count). The molecule has 9 nitrogen and oxygen atoms in total. The van der Waals surface area contributed by atoms with Gasteiger partial charge in [-0.3, -0.25) is 14.4 Å². The average molecular weight is 690 g/mol. The second-order valence-corrected chi connectivity index (χ2v) is 13.3. The molecule has 2 aliphatic heterocycles. The summed E-state index contributed by atoms with van der Waals surface area (Å²) in [4.78, 5) is 51.3. The van der Waals surface area contributed by atoms with Crippen molar-refractivity contribution in [3.63, 3.8) is 0 Å². The number of ketones is 1. The lowest BCUT2D eigenvalue weighted by Crippen LogP contribution is -2.36. The van der Waals surface area contributed by atoms with Crippen LogP contribution in [0.25, 0.3) is 23.8 Å². The molecule has 3 atom stereocenters. The van der Waals surface area contributed by atoms with Crippen LogP contribution >= 0.6 is 15.9 Å². The van der Waals surface area contributed by atoms with Crippen LogP contribution in [0.4, 0.5) is 0 Å². The molecule has 1 fully saturated rings. The maximum atomic E-state index is 14.4. The third-order valence-corrected chi connectivity index (χ3v) is 11.0. The number of rotatable bonds is 6. The van der Waals surface area contributed by atoms with Crippen molar-refractivity contribution >= 4 is 57.5 Å². The van der Waals surface area contributed by atoms with E-state index in [9.17, 15) is 14.4 Å². The van der Waals surface area contributed by atoms with E-state index in [1.165, 1.54) is 25.3 Å². The summed E-state index contributed by atoms with van der Waals surface area (Å²) in [5.41, 5.74) is 9.95. The monoisotopic (exact) mass is 688 g/mol. The normalized spacial score (nSPS) is 21.5. The summed E-state index contributed by atoms with van der Waals surface area (Å²) in [6.07, 6.45) is 7.84. The number of carbonyl (C=O) groups excluding carboxylic acids is 3. The van der Waals surface area contributed by atoms with Gasteiger partial charge in [-0.1, -0.05) is 29.8 Å². The van der Waals surface area contributed by atoms with Gasteiger partial charge in [0.05, 0.1) is 19.9 Å². The number of methoxy groups -OCH3 is 2. The van der Waals surface area contributed by atoms with Crippen LogP contribution < -0.4 is 16.0 Å².